The molecule has 0 aliphatic rings. The van der Waals surface area contributed by atoms with Gasteiger partial charge in [-0.05, 0) is 65.1 Å². The SMILES string of the molecule is COc1ccc(-c2cccnc2C(Cc2cc(F)cc(F)c2)NC(=O)Cc2c[nH]c3cc(OC)c(OCc4ccccc4)cc23)cc1. The standard InChI is InChI=1S/C38H33F2N3O4/c1-45-30-12-10-26(11-13-30)31-9-6-14-41-38(31)34(17-25-15-28(39)19-29(40)16-25)43-37(44)18-27-22-42-33-21-35(46-2)36(20-32(27)33)47-23-24-7-4-3-5-8-24/h3-16,19-22,34,42H,17-18,23H2,1-2H3,(H,43,44). The monoisotopic (exact) mass is 633 g/mol. The average Bonchev–Trinajstić information content (AvgIpc) is 3.47. The van der Waals surface area contributed by atoms with Crippen molar-refractivity contribution in [1.29, 1.82) is 0 Å². The van der Waals surface area contributed by atoms with E-state index < -0.39 is 17.7 Å². The van der Waals surface area contributed by atoms with Crippen LogP contribution in [0.25, 0.3) is 22.0 Å². The second-order valence-electron chi connectivity index (χ2n) is 11.1. The van der Waals surface area contributed by atoms with E-state index in [0.717, 1.165) is 39.2 Å². The minimum atomic E-state index is -0.697. The van der Waals surface area contributed by atoms with E-state index in [1.807, 2.05) is 78.9 Å². The number of carbonyl (C=O) groups is 1. The number of ether oxygens (including phenoxy) is 3. The smallest absolute Gasteiger partial charge is 0.225 e. The fourth-order valence-electron chi connectivity index (χ4n) is 5.65. The molecule has 0 fully saturated rings. The Morgan fingerprint density at radius 2 is 1.62 bits per heavy atom. The Labute approximate surface area is 271 Å². The number of carbonyl (C=O) groups excluding carboxylic acids is 1. The molecule has 6 rings (SSSR count). The number of amides is 1. The molecule has 0 saturated carbocycles. The van der Waals surface area contributed by atoms with Crippen molar-refractivity contribution in [2.75, 3.05) is 14.2 Å². The summed E-state index contributed by atoms with van der Waals surface area (Å²) in [6, 6.07) is 27.4. The highest BCUT2D eigenvalue weighted by Gasteiger charge is 2.23. The lowest BCUT2D eigenvalue weighted by Gasteiger charge is -2.22. The van der Waals surface area contributed by atoms with Crippen LogP contribution in [0.5, 0.6) is 17.2 Å². The molecule has 0 radical (unpaired) electrons. The fraction of sp³-hybridized carbons (Fsp3) is 0.158. The molecule has 0 saturated heterocycles. The Balaban J connectivity index is 1.29. The van der Waals surface area contributed by atoms with Crippen molar-refractivity contribution in [3.8, 4) is 28.4 Å². The number of hydrogen-bond acceptors (Lipinski definition) is 5. The summed E-state index contributed by atoms with van der Waals surface area (Å²) >= 11 is 0. The summed E-state index contributed by atoms with van der Waals surface area (Å²) in [5, 5.41) is 3.91. The topological polar surface area (TPSA) is 85.5 Å². The van der Waals surface area contributed by atoms with E-state index in [1.165, 1.54) is 12.1 Å². The van der Waals surface area contributed by atoms with Crippen LogP contribution in [0, 0.1) is 11.6 Å². The van der Waals surface area contributed by atoms with E-state index in [1.54, 1.807) is 26.6 Å². The molecule has 2 N–H and O–H groups in total. The zero-order valence-electron chi connectivity index (χ0n) is 25.9. The van der Waals surface area contributed by atoms with Crippen LogP contribution in [-0.4, -0.2) is 30.1 Å². The van der Waals surface area contributed by atoms with Crippen molar-refractivity contribution in [2.24, 2.45) is 0 Å². The summed E-state index contributed by atoms with van der Waals surface area (Å²) in [6.45, 7) is 0.353. The molecule has 0 aliphatic carbocycles. The van der Waals surface area contributed by atoms with Crippen LogP contribution >= 0.6 is 0 Å². The molecule has 0 spiro atoms. The number of halogens is 2. The summed E-state index contributed by atoms with van der Waals surface area (Å²) in [5.74, 6) is 0.136. The molecule has 47 heavy (non-hydrogen) atoms. The Morgan fingerprint density at radius 1 is 0.851 bits per heavy atom. The van der Waals surface area contributed by atoms with Gasteiger partial charge in [0.2, 0.25) is 5.91 Å². The number of H-pyrrole nitrogens is 1. The van der Waals surface area contributed by atoms with Gasteiger partial charge in [0.25, 0.3) is 0 Å². The van der Waals surface area contributed by atoms with Crippen LogP contribution in [0.4, 0.5) is 8.78 Å². The van der Waals surface area contributed by atoms with Crippen molar-refractivity contribution < 1.29 is 27.8 Å². The Kier molecular flexibility index (Phi) is 9.43. The zero-order valence-corrected chi connectivity index (χ0v) is 25.9. The summed E-state index contributed by atoms with van der Waals surface area (Å²) in [4.78, 5) is 21.6. The molecule has 1 atom stereocenters. The largest absolute Gasteiger partial charge is 0.497 e. The van der Waals surface area contributed by atoms with E-state index in [0.29, 0.717) is 35.1 Å². The number of benzene rings is 4. The third-order valence-electron chi connectivity index (χ3n) is 7.91. The van der Waals surface area contributed by atoms with Crippen LogP contribution in [0.3, 0.4) is 0 Å². The number of nitrogens with zero attached hydrogens (tertiary/aromatic N) is 1. The molecular weight excluding hydrogens is 600 g/mol. The third kappa shape index (κ3) is 7.41. The van der Waals surface area contributed by atoms with E-state index in [-0.39, 0.29) is 18.7 Å². The van der Waals surface area contributed by atoms with Crippen LogP contribution in [0.15, 0.2) is 109 Å². The lowest BCUT2D eigenvalue weighted by molar-refractivity contribution is -0.121. The third-order valence-corrected chi connectivity index (χ3v) is 7.91. The van der Waals surface area contributed by atoms with Gasteiger partial charge in [0, 0.05) is 41.0 Å². The number of nitrogens with one attached hydrogen (secondary N) is 2. The first-order valence-electron chi connectivity index (χ1n) is 15.1. The molecule has 1 unspecified atom stereocenters. The number of pyridine rings is 1. The van der Waals surface area contributed by atoms with Crippen LogP contribution in [0.1, 0.15) is 28.4 Å². The fourth-order valence-corrected chi connectivity index (χ4v) is 5.65. The lowest BCUT2D eigenvalue weighted by atomic mass is 9.95. The van der Waals surface area contributed by atoms with Gasteiger partial charge in [-0.15, -0.1) is 0 Å². The van der Waals surface area contributed by atoms with Gasteiger partial charge in [-0.2, -0.15) is 0 Å². The summed E-state index contributed by atoms with van der Waals surface area (Å²) in [6.07, 6.45) is 3.56. The first-order valence-corrected chi connectivity index (χ1v) is 15.1. The normalized spacial score (nSPS) is 11.7. The van der Waals surface area contributed by atoms with Crippen LogP contribution in [0.2, 0.25) is 0 Å². The van der Waals surface area contributed by atoms with E-state index >= 15 is 0 Å². The van der Waals surface area contributed by atoms with Gasteiger partial charge in [-0.3, -0.25) is 9.78 Å². The molecule has 7 nitrogen and oxygen atoms in total. The number of aromatic amines is 1. The predicted molar refractivity (Wildman–Crippen MR) is 176 cm³/mol. The zero-order chi connectivity index (χ0) is 32.8. The maximum absolute atomic E-state index is 14.2. The predicted octanol–water partition coefficient (Wildman–Crippen LogP) is 7.75. The van der Waals surface area contributed by atoms with Gasteiger partial charge >= 0.3 is 0 Å². The molecule has 0 aliphatic heterocycles. The molecule has 238 valence electrons. The number of aromatic nitrogens is 2. The van der Waals surface area contributed by atoms with Crippen molar-refractivity contribution in [3.05, 3.63) is 143 Å². The van der Waals surface area contributed by atoms with Gasteiger partial charge in [-0.1, -0.05) is 48.5 Å². The van der Waals surface area contributed by atoms with Gasteiger partial charge < -0.3 is 24.5 Å². The molecular formula is C38H33F2N3O4. The summed E-state index contributed by atoms with van der Waals surface area (Å²) < 4.78 is 45.4. The molecule has 6 aromatic rings. The van der Waals surface area contributed by atoms with Gasteiger partial charge in [0.1, 0.15) is 24.0 Å². The van der Waals surface area contributed by atoms with E-state index in [4.69, 9.17) is 14.2 Å². The van der Waals surface area contributed by atoms with E-state index in [9.17, 15) is 13.6 Å². The average molecular weight is 634 g/mol. The number of hydrogen-bond donors (Lipinski definition) is 2. The molecule has 2 heterocycles. The summed E-state index contributed by atoms with van der Waals surface area (Å²) in [5.41, 5.74) is 5.13. The Bertz CT molecular complexity index is 1970. The van der Waals surface area contributed by atoms with E-state index in [2.05, 4.69) is 15.3 Å². The Hall–Kier alpha value is -5.70. The maximum Gasteiger partial charge on any atom is 0.225 e. The number of rotatable bonds is 12. The molecule has 1 amide bonds. The van der Waals surface area contributed by atoms with Gasteiger partial charge in [0.05, 0.1) is 32.4 Å². The Morgan fingerprint density at radius 3 is 2.34 bits per heavy atom. The number of fused-ring (bicyclic) bond motifs is 1. The molecule has 0 bridgehead atoms. The quantitative estimate of drug-likeness (QED) is 0.144. The first kappa shape index (κ1) is 31.3. The van der Waals surface area contributed by atoms with Crippen molar-refractivity contribution in [3.63, 3.8) is 0 Å². The first-order chi connectivity index (χ1) is 22.9. The maximum atomic E-state index is 14.2. The second kappa shape index (κ2) is 14.2. The van der Waals surface area contributed by atoms with Crippen molar-refractivity contribution in [2.45, 2.75) is 25.5 Å². The molecule has 4 aromatic carbocycles. The molecule has 9 heteroatoms. The lowest BCUT2D eigenvalue weighted by Crippen LogP contribution is -2.32. The van der Waals surface area contributed by atoms with Gasteiger partial charge in [0.15, 0.2) is 11.5 Å². The van der Waals surface area contributed by atoms with Crippen molar-refractivity contribution in [1.82, 2.24) is 15.3 Å². The highest BCUT2D eigenvalue weighted by molar-refractivity contribution is 5.91. The minimum Gasteiger partial charge on any atom is -0.497 e. The van der Waals surface area contributed by atoms with Crippen LogP contribution < -0.4 is 19.5 Å². The highest BCUT2D eigenvalue weighted by Crippen LogP contribution is 2.35. The van der Waals surface area contributed by atoms with Crippen molar-refractivity contribution >= 4 is 16.8 Å². The number of methoxy groups -OCH3 is 2. The van der Waals surface area contributed by atoms with Gasteiger partial charge in [-0.25, -0.2) is 8.78 Å². The molecule has 2 aromatic heterocycles. The van der Waals surface area contributed by atoms with Crippen LogP contribution in [-0.2, 0) is 24.2 Å². The second-order valence-corrected chi connectivity index (χ2v) is 11.1. The summed E-state index contributed by atoms with van der Waals surface area (Å²) in [7, 11) is 3.17. The minimum absolute atomic E-state index is 0.0309. The highest BCUT2D eigenvalue weighted by atomic mass is 19.1.